The Kier molecular flexibility index (Phi) is 5.75. The molecule has 166 valence electrons. The number of aromatic nitrogens is 1. The van der Waals surface area contributed by atoms with Crippen LogP contribution in [-0.2, 0) is 4.79 Å². The van der Waals surface area contributed by atoms with Crippen LogP contribution in [0.3, 0.4) is 0 Å². The van der Waals surface area contributed by atoms with E-state index < -0.39 is 0 Å². The molecule has 5 rings (SSSR count). The van der Waals surface area contributed by atoms with Crippen LogP contribution in [0.15, 0.2) is 79.1 Å². The van der Waals surface area contributed by atoms with E-state index in [9.17, 15) is 14.7 Å². The summed E-state index contributed by atoms with van der Waals surface area (Å²) in [6.45, 7) is 0.384. The zero-order chi connectivity index (χ0) is 22.8. The van der Waals surface area contributed by atoms with Crippen LogP contribution in [0.4, 0.5) is 0 Å². The summed E-state index contributed by atoms with van der Waals surface area (Å²) in [5, 5.41) is 10.00. The van der Waals surface area contributed by atoms with Gasteiger partial charge in [-0.15, -0.1) is 0 Å². The number of carbonyl (C=O) groups is 2. The van der Waals surface area contributed by atoms with Gasteiger partial charge in [0.25, 0.3) is 5.91 Å². The fraction of sp³-hybridized carbons (Fsp3) is 0.222. The van der Waals surface area contributed by atoms with Gasteiger partial charge in [0.15, 0.2) is 0 Å². The number of fused-ring (bicyclic) bond motifs is 1. The van der Waals surface area contributed by atoms with E-state index in [4.69, 9.17) is 0 Å². The number of piperazine rings is 1. The first-order valence-electron chi connectivity index (χ1n) is 11.1. The van der Waals surface area contributed by atoms with Gasteiger partial charge in [-0.2, -0.15) is 0 Å². The number of aliphatic hydroxyl groups is 1. The number of rotatable bonds is 5. The smallest absolute Gasteiger partial charge is 0.254 e. The van der Waals surface area contributed by atoms with Crippen LogP contribution in [-0.4, -0.2) is 63.5 Å². The molecule has 3 heterocycles. The topological polar surface area (TPSA) is 73.7 Å². The standard InChI is InChI=1S/C27H25N3O3/c31-18-24-26(21-10-8-20(9-11-21)7-6-19-4-2-1-3-5-19)23-16-29(17-25(32)30(23)24)27(33)22-12-14-28-15-13-22/h1-15,23-24,26,31H,16-18H2/b7-6+/t23-,24+,26+/m1/s1. The van der Waals surface area contributed by atoms with Gasteiger partial charge in [-0.1, -0.05) is 66.7 Å². The lowest BCUT2D eigenvalue weighted by Gasteiger charge is -2.58. The van der Waals surface area contributed by atoms with Crippen LogP contribution >= 0.6 is 0 Å². The van der Waals surface area contributed by atoms with Gasteiger partial charge in [0.05, 0.1) is 18.7 Å². The van der Waals surface area contributed by atoms with Crippen LogP contribution in [0, 0.1) is 0 Å². The van der Waals surface area contributed by atoms with Crippen molar-refractivity contribution in [2.75, 3.05) is 19.7 Å². The van der Waals surface area contributed by atoms with Crippen LogP contribution in [0.25, 0.3) is 12.2 Å². The molecule has 2 amide bonds. The maximum atomic E-state index is 12.9. The predicted molar refractivity (Wildman–Crippen MR) is 126 cm³/mol. The van der Waals surface area contributed by atoms with E-state index in [1.54, 1.807) is 34.3 Å². The minimum Gasteiger partial charge on any atom is -0.394 e. The Morgan fingerprint density at radius 1 is 0.970 bits per heavy atom. The number of amides is 2. The molecule has 0 spiro atoms. The van der Waals surface area contributed by atoms with Crippen molar-refractivity contribution in [1.82, 2.24) is 14.8 Å². The molecule has 2 saturated heterocycles. The normalized spacial score (nSPS) is 22.2. The fourth-order valence-electron chi connectivity index (χ4n) is 4.92. The molecular weight excluding hydrogens is 414 g/mol. The maximum absolute atomic E-state index is 12.9. The zero-order valence-electron chi connectivity index (χ0n) is 18.1. The van der Waals surface area contributed by atoms with Gasteiger partial charge in [-0.3, -0.25) is 14.6 Å². The van der Waals surface area contributed by atoms with E-state index in [0.717, 1.165) is 16.7 Å². The monoisotopic (exact) mass is 439 g/mol. The predicted octanol–water partition coefficient (Wildman–Crippen LogP) is 3.06. The molecule has 2 fully saturated rings. The SMILES string of the molecule is O=C(c1ccncc1)N1CC(=O)N2[C@H](C1)[C@H](c1ccc(/C=C/c3ccccc3)cc1)[C@@H]2CO. The van der Waals surface area contributed by atoms with Crippen molar-refractivity contribution < 1.29 is 14.7 Å². The molecule has 3 aromatic rings. The van der Waals surface area contributed by atoms with Crippen molar-refractivity contribution in [2.45, 2.75) is 18.0 Å². The summed E-state index contributed by atoms with van der Waals surface area (Å²) >= 11 is 0. The second-order valence-corrected chi connectivity index (χ2v) is 8.48. The van der Waals surface area contributed by atoms with E-state index in [-0.39, 0.29) is 43.0 Å². The second-order valence-electron chi connectivity index (χ2n) is 8.48. The molecule has 2 aliphatic heterocycles. The van der Waals surface area contributed by atoms with Gasteiger partial charge in [-0.05, 0) is 28.8 Å². The minimum atomic E-state index is -0.258. The van der Waals surface area contributed by atoms with Crippen LogP contribution < -0.4 is 0 Å². The third-order valence-corrected chi connectivity index (χ3v) is 6.56. The first kappa shape index (κ1) is 21.1. The van der Waals surface area contributed by atoms with Gasteiger partial charge in [0.2, 0.25) is 5.91 Å². The summed E-state index contributed by atoms with van der Waals surface area (Å²) in [5.74, 6) is -0.302. The molecule has 0 saturated carbocycles. The maximum Gasteiger partial charge on any atom is 0.254 e. The van der Waals surface area contributed by atoms with Gasteiger partial charge in [0.1, 0.15) is 6.54 Å². The lowest BCUT2D eigenvalue weighted by molar-refractivity contribution is -0.159. The molecule has 1 N–H and O–H groups in total. The quantitative estimate of drug-likeness (QED) is 0.620. The Hall–Kier alpha value is -3.77. The van der Waals surface area contributed by atoms with Crippen LogP contribution in [0.5, 0.6) is 0 Å². The van der Waals surface area contributed by atoms with Crippen molar-refractivity contribution in [3.8, 4) is 0 Å². The van der Waals surface area contributed by atoms with Crippen LogP contribution in [0.1, 0.15) is 33.0 Å². The first-order chi connectivity index (χ1) is 16.2. The van der Waals surface area contributed by atoms with Crippen LogP contribution in [0.2, 0.25) is 0 Å². The van der Waals surface area contributed by atoms with E-state index >= 15 is 0 Å². The largest absolute Gasteiger partial charge is 0.394 e. The van der Waals surface area contributed by atoms with E-state index in [0.29, 0.717) is 12.1 Å². The Balaban J connectivity index is 1.34. The van der Waals surface area contributed by atoms with Crippen molar-refractivity contribution in [1.29, 1.82) is 0 Å². The average Bonchev–Trinajstić information content (AvgIpc) is 2.85. The Morgan fingerprint density at radius 3 is 2.30 bits per heavy atom. The molecule has 33 heavy (non-hydrogen) atoms. The molecule has 1 aromatic heterocycles. The third-order valence-electron chi connectivity index (χ3n) is 6.56. The lowest BCUT2D eigenvalue weighted by atomic mass is 9.73. The molecule has 0 unspecified atom stereocenters. The summed E-state index contributed by atoms with van der Waals surface area (Å²) in [5.41, 5.74) is 3.80. The highest BCUT2D eigenvalue weighted by Crippen LogP contribution is 2.43. The number of hydrogen-bond donors (Lipinski definition) is 1. The van der Waals surface area contributed by atoms with Gasteiger partial charge in [-0.25, -0.2) is 0 Å². The van der Waals surface area contributed by atoms with Crippen molar-refractivity contribution in [2.24, 2.45) is 0 Å². The van der Waals surface area contributed by atoms with E-state index in [1.165, 1.54) is 0 Å². The number of carbonyl (C=O) groups excluding carboxylic acids is 2. The molecule has 3 atom stereocenters. The average molecular weight is 440 g/mol. The fourth-order valence-corrected chi connectivity index (χ4v) is 4.92. The molecule has 6 nitrogen and oxygen atoms in total. The highest BCUT2D eigenvalue weighted by Gasteiger charge is 2.54. The molecule has 2 aliphatic rings. The number of hydrogen-bond acceptors (Lipinski definition) is 4. The third kappa shape index (κ3) is 4.05. The Morgan fingerprint density at radius 2 is 1.64 bits per heavy atom. The van der Waals surface area contributed by atoms with Gasteiger partial charge in [0, 0.05) is 30.4 Å². The number of aliphatic hydroxyl groups excluding tert-OH is 1. The molecule has 6 heteroatoms. The van der Waals surface area contributed by atoms with E-state index in [2.05, 4.69) is 53.5 Å². The number of benzene rings is 2. The summed E-state index contributed by atoms with van der Waals surface area (Å²) in [4.78, 5) is 33.1. The summed E-state index contributed by atoms with van der Waals surface area (Å²) in [6, 6.07) is 21.3. The summed E-state index contributed by atoms with van der Waals surface area (Å²) in [7, 11) is 0. The Bertz CT molecular complexity index is 1160. The minimum absolute atomic E-state index is 0.0147. The summed E-state index contributed by atoms with van der Waals surface area (Å²) < 4.78 is 0. The molecular formula is C27H25N3O3. The molecule has 0 bridgehead atoms. The van der Waals surface area contributed by atoms with Gasteiger partial charge >= 0.3 is 0 Å². The second kappa shape index (κ2) is 9.00. The van der Waals surface area contributed by atoms with Crippen molar-refractivity contribution in [3.63, 3.8) is 0 Å². The lowest BCUT2D eigenvalue weighted by Crippen LogP contribution is -2.73. The molecule has 0 aliphatic carbocycles. The first-order valence-corrected chi connectivity index (χ1v) is 11.1. The molecule has 0 radical (unpaired) electrons. The zero-order valence-corrected chi connectivity index (χ0v) is 18.1. The van der Waals surface area contributed by atoms with Crippen molar-refractivity contribution >= 4 is 24.0 Å². The number of pyridine rings is 1. The summed E-state index contributed by atoms with van der Waals surface area (Å²) in [6.07, 6.45) is 7.29. The van der Waals surface area contributed by atoms with E-state index in [1.807, 2.05) is 18.2 Å². The highest BCUT2D eigenvalue weighted by molar-refractivity contribution is 5.97. The Labute approximate surface area is 192 Å². The van der Waals surface area contributed by atoms with Crippen molar-refractivity contribution in [3.05, 3.63) is 101 Å². The molecule has 2 aromatic carbocycles. The number of nitrogens with zero attached hydrogens (tertiary/aromatic N) is 3. The van der Waals surface area contributed by atoms with Gasteiger partial charge < -0.3 is 14.9 Å². The highest BCUT2D eigenvalue weighted by atomic mass is 16.3.